The van der Waals surface area contributed by atoms with Crippen LogP contribution in [-0.2, 0) is 7.05 Å². The van der Waals surface area contributed by atoms with E-state index < -0.39 is 5.97 Å². The lowest BCUT2D eigenvalue weighted by molar-refractivity contribution is 0.0690. The average molecular weight is 276 g/mol. The first-order valence-corrected chi connectivity index (χ1v) is 5.98. The molecule has 0 bridgehead atoms. The second kappa shape index (κ2) is 4.13. The number of para-hydroxylation sites is 1. The van der Waals surface area contributed by atoms with Crippen LogP contribution >= 0.6 is 11.6 Å². The van der Waals surface area contributed by atoms with E-state index in [-0.39, 0.29) is 5.69 Å². The molecule has 2 N–H and O–H groups in total. The highest BCUT2D eigenvalue weighted by Gasteiger charge is 2.15. The summed E-state index contributed by atoms with van der Waals surface area (Å²) < 4.78 is 1.90. The molecule has 3 rings (SSSR count). The molecule has 0 radical (unpaired) electrons. The SMILES string of the molecule is Cn1cc(-c2cc(C(=O)O)[nH]n2)c2cccc(Cl)c21. The van der Waals surface area contributed by atoms with Crippen molar-refractivity contribution in [1.29, 1.82) is 0 Å². The molecular weight excluding hydrogens is 266 g/mol. The molecule has 19 heavy (non-hydrogen) atoms. The van der Waals surface area contributed by atoms with Crippen LogP contribution < -0.4 is 0 Å². The Morgan fingerprint density at radius 2 is 2.26 bits per heavy atom. The number of carbonyl (C=O) groups is 1. The van der Waals surface area contributed by atoms with E-state index in [9.17, 15) is 4.79 Å². The normalized spacial score (nSPS) is 11.1. The summed E-state index contributed by atoms with van der Waals surface area (Å²) in [5.41, 5.74) is 2.40. The second-order valence-corrected chi connectivity index (χ2v) is 4.67. The van der Waals surface area contributed by atoms with Gasteiger partial charge in [0, 0.05) is 24.2 Å². The Hall–Kier alpha value is -2.27. The summed E-state index contributed by atoms with van der Waals surface area (Å²) in [6, 6.07) is 7.13. The zero-order valence-corrected chi connectivity index (χ0v) is 10.8. The number of aromatic amines is 1. The number of carboxylic acid groups (broad SMARTS) is 1. The zero-order valence-electron chi connectivity index (χ0n) is 10.0. The first-order chi connectivity index (χ1) is 9.08. The molecule has 5 nitrogen and oxygen atoms in total. The van der Waals surface area contributed by atoms with E-state index in [1.165, 1.54) is 6.07 Å². The third kappa shape index (κ3) is 1.79. The van der Waals surface area contributed by atoms with Gasteiger partial charge in [-0.2, -0.15) is 5.10 Å². The molecule has 0 atom stereocenters. The summed E-state index contributed by atoms with van der Waals surface area (Å²) >= 11 is 6.18. The molecule has 0 saturated carbocycles. The van der Waals surface area contributed by atoms with Crippen LogP contribution in [0.15, 0.2) is 30.5 Å². The minimum Gasteiger partial charge on any atom is -0.477 e. The van der Waals surface area contributed by atoms with Gasteiger partial charge in [-0.05, 0) is 12.1 Å². The quantitative estimate of drug-likeness (QED) is 0.755. The van der Waals surface area contributed by atoms with Gasteiger partial charge in [0.05, 0.1) is 16.2 Å². The number of nitrogens with zero attached hydrogens (tertiary/aromatic N) is 2. The number of benzene rings is 1. The van der Waals surface area contributed by atoms with E-state index in [1.54, 1.807) is 0 Å². The van der Waals surface area contributed by atoms with Crippen LogP contribution in [0, 0.1) is 0 Å². The Kier molecular flexibility index (Phi) is 2.57. The van der Waals surface area contributed by atoms with Crippen molar-refractivity contribution >= 4 is 28.5 Å². The number of H-pyrrole nitrogens is 1. The van der Waals surface area contributed by atoms with Gasteiger partial charge in [-0.1, -0.05) is 23.7 Å². The maximum absolute atomic E-state index is 10.9. The smallest absolute Gasteiger partial charge is 0.353 e. The van der Waals surface area contributed by atoms with Crippen molar-refractivity contribution in [3.05, 3.63) is 41.2 Å². The van der Waals surface area contributed by atoms with Gasteiger partial charge in [0.25, 0.3) is 0 Å². The fourth-order valence-electron chi connectivity index (χ4n) is 2.19. The van der Waals surface area contributed by atoms with Crippen molar-refractivity contribution in [2.75, 3.05) is 0 Å². The summed E-state index contributed by atoms with van der Waals surface area (Å²) in [7, 11) is 1.89. The predicted molar refractivity (Wildman–Crippen MR) is 72.5 cm³/mol. The zero-order chi connectivity index (χ0) is 13.6. The van der Waals surface area contributed by atoms with E-state index >= 15 is 0 Å². The maximum atomic E-state index is 10.9. The Bertz CT molecular complexity index is 788. The number of aromatic nitrogens is 3. The molecule has 2 heterocycles. The maximum Gasteiger partial charge on any atom is 0.353 e. The standard InChI is InChI=1S/C13H10ClN3O2/c1-17-6-8(7-3-2-4-9(14)12(7)17)10-5-11(13(18)19)16-15-10/h2-6H,1H3,(H,15,16)(H,18,19). The highest BCUT2D eigenvalue weighted by atomic mass is 35.5. The third-order valence-corrected chi connectivity index (χ3v) is 3.34. The van der Waals surface area contributed by atoms with Crippen LogP contribution in [0.1, 0.15) is 10.5 Å². The number of rotatable bonds is 2. The van der Waals surface area contributed by atoms with Gasteiger partial charge in [-0.15, -0.1) is 0 Å². The molecule has 1 aromatic carbocycles. The molecule has 0 amide bonds. The Morgan fingerprint density at radius 3 is 2.95 bits per heavy atom. The molecular formula is C13H10ClN3O2. The van der Waals surface area contributed by atoms with Gasteiger partial charge in [0.15, 0.2) is 0 Å². The number of halogens is 1. The van der Waals surface area contributed by atoms with E-state index in [1.807, 2.05) is 36.0 Å². The lowest BCUT2D eigenvalue weighted by atomic mass is 10.1. The number of aryl methyl sites for hydroxylation is 1. The van der Waals surface area contributed by atoms with E-state index in [0.29, 0.717) is 10.7 Å². The largest absolute Gasteiger partial charge is 0.477 e. The molecule has 0 aliphatic heterocycles. The number of hydrogen-bond donors (Lipinski definition) is 2. The van der Waals surface area contributed by atoms with Crippen LogP contribution in [0.2, 0.25) is 5.02 Å². The monoisotopic (exact) mass is 275 g/mol. The van der Waals surface area contributed by atoms with Crippen molar-refractivity contribution in [2.24, 2.45) is 7.05 Å². The summed E-state index contributed by atoms with van der Waals surface area (Å²) in [4.78, 5) is 10.9. The molecule has 96 valence electrons. The van der Waals surface area contributed by atoms with Gasteiger partial charge < -0.3 is 9.67 Å². The lowest BCUT2D eigenvalue weighted by Crippen LogP contribution is -1.95. The highest BCUT2D eigenvalue weighted by Crippen LogP contribution is 2.33. The number of hydrogen-bond acceptors (Lipinski definition) is 2. The van der Waals surface area contributed by atoms with Crippen molar-refractivity contribution in [1.82, 2.24) is 14.8 Å². The fourth-order valence-corrected chi connectivity index (χ4v) is 2.50. The molecule has 0 saturated heterocycles. The van der Waals surface area contributed by atoms with Gasteiger partial charge in [0.2, 0.25) is 0 Å². The second-order valence-electron chi connectivity index (χ2n) is 4.26. The summed E-state index contributed by atoms with van der Waals surface area (Å²) in [6.45, 7) is 0. The Labute approximate surface area is 113 Å². The van der Waals surface area contributed by atoms with Crippen molar-refractivity contribution in [3.63, 3.8) is 0 Å². The summed E-state index contributed by atoms with van der Waals surface area (Å²) in [6.07, 6.45) is 1.89. The molecule has 0 unspecified atom stereocenters. The molecule has 0 aliphatic carbocycles. The molecule has 0 aliphatic rings. The number of carboxylic acids is 1. The van der Waals surface area contributed by atoms with E-state index in [0.717, 1.165) is 16.5 Å². The Balaban J connectivity index is 2.25. The molecule has 6 heteroatoms. The minimum atomic E-state index is -1.03. The van der Waals surface area contributed by atoms with E-state index in [4.69, 9.17) is 16.7 Å². The Morgan fingerprint density at radius 1 is 1.47 bits per heavy atom. The molecule has 0 fully saturated rings. The number of fused-ring (bicyclic) bond motifs is 1. The lowest BCUT2D eigenvalue weighted by Gasteiger charge is -1.97. The first kappa shape index (κ1) is 11.8. The molecule has 2 aromatic heterocycles. The number of aromatic carboxylic acids is 1. The van der Waals surface area contributed by atoms with Gasteiger partial charge in [0.1, 0.15) is 5.69 Å². The minimum absolute atomic E-state index is 0.0639. The summed E-state index contributed by atoms with van der Waals surface area (Å²) in [5, 5.41) is 17.0. The number of nitrogens with one attached hydrogen (secondary N) is 1. The topological polar surface area (TPSA) is 70.9 Å². The van der Waals surface area contributed by atoms with Crippen LogP contribution in [-0.4, -0.2) is 25.8 Å². The summed E-state index contributed by atoms with van der Waals surface area (Å²) in [5.74, 6) is -1.03. The van der Waals surface area contributed by atoms with E-state index in [2.05, 4.69) is 10.2 Å². The third-order valence-electron chi connectivity index (χ3n) is 3.04. The first-order valence-electron chi connectivity index (χ1n) is 5.60. The van der Waals surface area contributed by atoms with Crippen molar-refractivity contribution in [2.45, 2.75) is 0 Å². The van der Waals surface area contributed by atoms with Gasteiger partial charge >= 0.3 is 5.97 Å². The highest BCUT2D eigenvalue weighted by molar-refractivity contribution is 6.35. The molecule has 0 spiro atoms. The predicted octanol–water partition coefficient (Wildman–Crippen LogP) is 2.92. The average Bonchev–Trinajstić information content (AvgIpc) is 2.95. The van der Waals surface area contributed by atoms with Crippen LogP contribution in [0.3, 0.4) is 0 Å². The van der Waals surface area contributed by atoms with Crippen LogP contribution in [0.4, 0.5) is 0 Å². The van der Waals surface area contributed by atoms with Crippen LogP contribution in [0.25, 0.3) is 22.2 Å². The fraction of sp³-hybridized carbons (Fsp3) is 0.0769. The van der Waals surface area contributed by atoms with Gasteiger partial charge in [-0.3, -0.25) is 5.10 Å². The van der Waals surface area contributed by atoms with Gasteiger partial charge in [-0.25, -0.2) is 4.79 Å². The van der Waals surface area contributed by atoms with Crippen LogP contribution in [0.5, 0.6) is 0 Å². The van der Waals surface area contributed by atoms with Crippen molar-refractivity contribution < 1.29 is 9.90 Å². The van der Waals surface area contributed by atoms with Crippen molar-refractivity contribution in [3.8, 4) is 11.3 Å². The molecule has 3 aromatic rings.